The van der Waals surface area contributed by atoms with E-state index in [1.54, 1.807) is 12.1 Å². The summed E-state index contributed by atoms with van der Waals surface area (Å²) in [6.07, 6.45) is 0.585. The molecule has 0 saturated carbocycles. The second-order valence-electron chi connectivity index (χ2n) is 6.25. The molecule has 8 N–H and O–H groups in total. The van der Waals surface area contributed by atoms with Crippen LogP contribution in [0.25, 0.3) is 0 Å². The Labute approximate surface area is 157 Å². The minimum absolute atomic E-state index is 0.0567. The number of phenolic OH excluding ortho intramolecular Hbond substituents is 1. The Kier molecular flexibility index (Phi) is 9.20. The maximum absolute atomic E-state index is 12.3. The minimum Gasteiger partial charge on any atom is -0.508 e. The van der Waals surface area contributed by atoms with Gasteiger partial charge >= 0.3 is 5.97 Å². The van der Waals surface area contributed by atoms with Gasteiger partial charge in [-0.2, -0.15) is 0 Å². The molecule has 1 aromatic rings. The fourth-order valence-corrected chi connectivity index (χ4v) is 2.44. The molecule has 1 rings (SSSR count). The lowest BCUT2D eigenvalue weighted by atomic mass is 10.0. The molecule has 0 fully saturated rings. The predicted octanol–water partition coefficient (Wildman–Crippen LogP) is -1.47. The van der Waals surface area contributed by atoms with Crippen molar-refractivity contribution in [1.29, 1.82) is 0 Å². The number of amides is 2. The van der Waals surface area contributed by atoms with E-state index >= 15 is 0 Å². The summed E-state index contributed by atoms with van der Waals surface area (Å²) in [5, 5.41) is 21.8. The first kappa shape index (κ1) is 22.4. The van der Waals surface area contributed by atoms with Crippen LogP contribution in [-0.2, 0) is 20.8 Å². The number of carboxylic acids is 1. The summed E-state index contributed by atoms with van der Waals surface area (Å²) in [6.45, 7) is -0.0897. The molecule has 10 nitrogen and oxygen atoms in total. The number of carbonyl (C=O) groups is 3. The third kappa shape index (κ3) is 8.99. The highest BCUT2D eigenvalue weighted by atomic mass is 16.4. The monoisotopic (exact) mass is 381 g/mol. The Balaban J connectivity index is 2.55. The molecular weight excluding hydrogens is 354 g/mol. The van der Waals surface area contributed by atoms with E-state index in [2.05, 4.69) is 10.7 Å². The lowest BCUT2D eigenvalue weighted by molar-refractivity contribution is -0.139. The van der Waals surface area contributed by atoms with Crippen LogP contribution in [0.1, 0.15) is 18.4 Å². The van der Waals surface area contributed by atoms with Crippen LogP contribution in [0.5, 0.6) is 5.75 Å². The molecule has 10 heteroatoms. The molecule has 0 saturated heterocycles. The lowest BCUT2D eigenvalue weighted by Gasteiger charge is -2.22. The maximum Gasteiger partial charge on any atom is 0.319 e. The molecule has 2 amide bonds. The molecule has 0 bridgehead atoms. The van der Waals surface area contributed by atoms with Crippen LogP contribution in [0.2, 0.25) is 0 Å². The topological polar surface area (TPSA) is 171 Å². The van der Waals surface area contributed by atoms with Crippen molar-refractivity contribution in [2.45, 2.75) is 31.3 Å². The Bertz CT molecular complexity index is 637. The molecule has 2 atom stereocenters. The Hall–Kier alpha value is -2.69. The van der Waals surface area contributed by atoms with Crippen LogP contribution in [0.3, 0.4) is 0 Å². The van der Waals surface area contributed by atoms with E-state index in [0.717, 1.165) is 10.6 Å². The van der Waals surface area contributed by atoms with E-state index in [0.29, 0.717) is 6.42 Å². The number of aliphatic carboxylic acids is 1. The van der Waals surface area contributed by atoms with Gasteiger partial charge in [0.1, 0.15) is 12.3 Å². The Morgan fingerprint density at radius 1 is 1.22 bits per heavy atom. The average molecular weight is 381 g/mol. The highest BCUT2D eigenvalue weighted by Gasteiger charge is 2.21. The summed E-state index contributed by atoms with van der Waals surface area (Å²) in [4.78, 5) is 34.9. The van der Waals surface area contributed by atoms with Gasteiger partial charge in [0.15, 0.2) is 0 Å². The molecule has 0 aliphatic rings. The van der Waals surface area contributed by atoms with Crippen LogP contribution < -0.4 is 22.2 Å². The van der Waals surface area contributed by atoms with Gasteiger partial charge in [-0.15, -0.1) is 0 Å². The number of nitrogens with two attached hydrogens (primary N) is 2. The number of rotatable bonds is 11. The molecule has 27 heavy (non-hydrogen) atoms. The zero-order valence-electron chi connectivity index (χ0n) is 15.2. The quantitative estimate of drug-likeness (QED) is 0.252. The first-order valence-electron chi connectivity index (χ1n) is 8.47. The molecule has 1 aromatic carbocycles. The Morgan fingerprint density at radius 2 is 1.85 bits per heavy atom. The number of carboxylic acid groups (broad SMARTS) is 1. The molecular formula is C17H27N5O5. The van der Waals surface area contributed by atoms with E-state index in [1.807, 2.05) is 0 Å². The summed E-state index contributed by atoms with van der Waals surface area (Å²) in [5.74, 6) is -1.82. The first-order chi connectivity index (χ1) is 12.7. The second-order valence-corrected chi connectivity index (χ2v) is 6.25. The number of carbonyl (C=O) groups excluding carboxylic acids is 2. The largest absolute Gasteiger partial charge is 0.508 e. The first-order valence-corrected chi connectivity index (χ1v) is 8.47. The van der Waals surface area contributed by atoms with Gasteiger partial charge in [-0.3, -0.25) is 19.8 Å². The third-order valence-corrected chi connectivity index (χ3v) is 3.71. The number of benzene rings is 1. The van der Waals surface area contributed by atoms with Gasteiger partial charge in [0.05, 0.1) is 6.04 Å². The number of hydrazine groups is 1. The van der Waals surface area contributed by atoms with Gasteiger partial charge < -0.3 is 27.0 Å². The predicted molar refractivity (Wildman–Crippen MR) is 98.4 cm³/mol. The van der Waals surface area contributed by atoms with Crippen molar-refractivity contribution < 1.29 is 24.6 Å². The highest BCUT2D eigenvalue weighted by Crippen LogP contribution is 2.11. The van der Waals surface area contributed by atoms with Gasteiger partial charge in [0.25, 0.3) is 0 Å². The summed E-state index contributed by atoms with van der Waals surface area (Å²) in [7, 11) is 1.43. The van der Waals surface area contributed by atoms with Crippen molar-refractivity contribution in [2.24, 2.45) is 11.5 Å². The normalized spacial score (nSPS) is 13.0. The fraction of sp³-hybridized carbons (Fsp3) is 0.471. The number of aromatic hydroxyl groups is 1. The molecule has 0 aromatic heterocycles. The minimum atomic E-state index is -1.08. The number of hydrogen-bond acceptors (Lipinski definition) is 7. The third-order valence-electron chi connectivity index (χ3n) is 3.71. The van der Waals surface area contributed by atoms with E-state index < -0.39 is 29.9 Å². The van der Waals surface area contributed by atoms with Crippen molar-refractivity contribution in [3.63, 3.8) is 0 Å². The van der Waals surface area contributed by atoms with Crippen LogP contribution in [-0.4, -0.2) is 65.2 Å². The van der Waals surface area contributed by atoms with Crippen LogP contribution in [0, 0.1) is 0 Å². The standard InChI is InChI=1S/C17H27N5O5/c1-22(10-16(25)26)21-15(24)9-12(6-7-18)20-17(27)14(19)8-11-2-4-13(23)5-3-11/h2-5,12,14,23H,6-10,18-19H2,1H3,(H,20,27)(H,21,24)(H,25,26)/t12-,14-/m0/s1. The lowest BCUT2D eigenvalue weighted by Crippen LogP contribution is -2.49. The fourth-order valence-electron chi connectivity index (χ4n) is 2.44. The van der Waals surface area contributed by atoms with Crippen LogP contribution >= 0.6 is 0 Å². The van der Waals surface area contributed by atoms with Gasteiger partial charge in [-0.05, 0) is 37.1 Å². The summed E-state index contributed by atoms with van der Waals surface area (Å²) < 4.78 is 0. The molecule has 0 aliphatic carbocycles. The van der Waals surface area contributed by atoms with Crippen LogP contribution in [0.15, 0.2) is 24.3 Å². The van der Waals surface area contributed by atoms with E-state index in [1.165, 1.54) is 19.2 Å². The van der Waals surface area contributed by atoms with Crippen LogP contribution in [0.4, 0.5) is 0 Å². The second kappa shape index (κ2) is 11.1. The van der Waals surface area contributed by atoms with E-state index in [-0.39, 0.29) is 31.7 Å². The van der Waals surface area contributed by atoms with E-state index in [9.17, 15) is 19.5 Å². The Morgan fingerprint density at radius 3 is 2.41 bits per heavy atom. The van der Waals surface area contributed by atoms with Gasteiger partial charge in [0, 0.05) is 19.5 Å². The van der Waals surface area contributed by atoms with E-state index in [4.69, 9.17) is 16.6 Å². The smallest absolute Gasteiger partial charge is 0.319 e. The maximum atomic E-state index is 12.3. The summed E-state index contributed by atoms with van der Waals surface area (Å²) in [6, 6.07) is 5.01. The molecule has 0 aliphatic heterocycles. The molecule has 0 radical (unpaired) electrons. The molecule has 0 heterocycles. The number of nitrogens with one attached hydrogen (secondary N) is 2. The highest BCUT2D eigenvalue weighted by molar-refractivity contribution is 5.83. The average Bonchev–Trinajstić information content (AvgIpc) is 2.55. The van der Waals surface area contributed by atoms with Crippen molar-refractivity contribution in [3.05, 3.63) is 29.8 Å². The molecule has 0 unspecified atom stereocenters. The van der Waals surface area contributed by atoms with Crippen molar-refractivity contribution >= 4 is 17.8 Å². The molecule has 0 spiro atoms. The number of phenols is 1. The van der Waals surface area contributed by atoms with Crippen molar-refractivity contribution in [3.8, 4) is 5.75 Å². The summed E-state index contributed by atoms with van der Waals surface area (Å²) in [5.41, 5.74) is 14.7. The van der Waals surface area contributed by atoms with Crippen molar-refractivity contribution in [1.82, 2.24) is 15.8 Å². The number of hydrogen-bond donors (Lipinski definition) is 6. The van der Waals surface area contributed by atoms with Gasteiger partial charge in [-0.1, -0.05) is 12.1 Å². The summed E-state index contributed by atoms with van der Waals surface area (Å²) >= 11 is 0. The zero-order valence-corrected chi connectivity index (χ0v) is 15.2. The SMILES string of the molecule is CN(CC(=O)O)NC(=O)C[C@H](CCN)NC(=O)[C@@H](N)Cc1ccc(O)cc1. The van der Waals surface area contributed by atoms with Gasteiger partial charge in [0.2, 0.25) is 11.8 Å². The molecule has 150 valence electrons. The van der Waals surface area contributed by atoms with Crippen molar-refractivity contribution in [2.75, 3.05) is 20.1 Å². The van der Waals surface area contributed by atoms with Gasteiger partial charge in [-0.25, -0.2) is 5.01 Å². The number of likely N-dealkylation sites (N-methyl/N-ethyl adjacent to an activating group) is 1. The number of nitrogens with zero attached hydrogens (tertiary/aromatic N) is 1. The zero-order chi connectivity index (χ0) is 20.4.